The summed E-state index contributed by atoms with van der Waals surface area (Å²) in [6, 6.07) is 4.98. The molecular formula is C16H24ClFN2. The van der Waals surface area contributed by atoms with Crippen molar-refractivity contribution in [1.29, 1.82) is 0 Å². The van der Waals surface area contributed by atoms with Gasteiger partial charge in [0, 0.05) is 11.1 Å². The van der Waals surface area contributed by atoms with Crippen LogP contribution in [0.4, 0.5) is 4.39 Å². The Morgan fingerprint density at radius 2 is 2.05 bits per heavy atom. The lowest BCUT2D eigenvalue weighted by molar-refractivity contribution is 0.312. The fourth-order valence-corrected chi connectivity index (χ4v) is 3.27. The maximum atomic E-state index is 13.8. The van der Waals surface area contributed by atoms with Crippen molar-refractivity contribution in [3.05, 3.63) is 34.6 Å². The molecule has 0 saturated heterocycles. The molecule has 1 saturated carbocycles. The molecule has 112 valence electrons. The summed E-state index contributed by atoms with van der Waals surface area (Å²) in [6.45, 7) is 0. The van der Waals surface area contributed by atoms with E-state index in [1.807, 2.05) is 0 Å². The van der Waals surface area contributed by atoms with E-state index in [4.69, 9.17) is 17.4 Å². The van der Waals surface area contributed by atoms with Crippen molar-refractivity contribution in [3.63, 3.8) is 0 Å². The zero-order chi connectivity index (χ0) is 14.4. The van der Waals surface area contributed by atoms with Gasteiger partial charge in [-0.15, -0.1) is 0 Å². The van der Waals surface area contributed by atoms with Gasteiger partial charge in [0.15, 0.2) is 0 Å². The third kappa shape index (κ3) is 4.72. The largest absolute Gasteiger partial charge is 0.271 e. The number of benzene rings is 1. The predicted molar refractivity (Wildman–Crippen MR) is 82.0 cm³/mol. The van der Waals surface area contributed by atoms with Crippen molar-refractivity contribution in [3.8, 4) is 0 Å². The highest BCUT2D eigenvalue weighted by Gasteiger charge is 2.17. The fraction of sp³-hybridized carbons (Fsp3) is 0.625. The van der Waals surface area contributed by atoms with Crippen molar-refractivity contribution in [1.82, 2.24) is 5.43 Å². The molecule has 1 fully saturated rings. The zero-order valence-corrected chi connectivity index (χ0v) is 12.6. The van der Waals surface area contributed by atoms with Crippen LogP contribution in [-0.4, -0.2) is 6.04 Å². The molecule has 1 aliphatic rings. The van der Waals surface area contributed by atoms with Gasteiger partial charge in [0.1, 0.15) is 5.82 Å². The maximum absolute atomic E-state index is 13.8. The van der Waals surface area contributed by atoms with Crippen LogP contribution in [0.3, 0.4) is 0 Å². The lowest BCUT2D eigenvalue weighted by atomic mass is 9.84. The smallest absolute Gasteiger partial charge is 0.127 e. The molecule has 1 unspecified atom stereocenters. The maximum Gasteiger partial charge on any atom is 0.127 e. The highest BCUT2D eigenvalue weighted by molar-refractivity contribution is 6.30. The Bertz CT molecular complexity index is 419. The molecule has 1 aromatic rings. The van der Waals surface area contributed by atoms with Crippen LogP contribution in [0.5, 0.6) is 0 Å². The van der Waals surface area contributed by atoms with E-state index in [2.05, 4.69) is 5.43 Å². The highest BCUT2D eigenvalue weighted by Crippen LogP contribution is 2.28. The molecule has 2 nitrogen and oxygen atoms in total. The molecule has 0 radical (unpaired) electrons. The molecule has 0 bridgehead atoms. The number of nitrogens with one attached hydrogen (secondary N) is 1. The number of nitrogens with two attached hydrogens (primary N) is 1. The highest BCUT2D eigenvalue weighted by atomic mass is 35.5. The van der Waals surface area contributed by atoms with Crippen LogP contribution >= 0.6 is 11.6 Å². The SMILES string of the molecule is NNC(CCC1CCCCC1)Cc1ccc(Cl)cc1F. The minimum Gasteiger partial charge on any atom is -0.271 e. The molecule has 4 heteroatoms. The van der Waals surface area contributed by atoms with Crippen LogP contribution in [0.1, 0.15) is 50.5 Å². The van der Waals surface area contributed by atoms with Crippen molar-refractivity contribution < 1.29 is 4.39 Å². The van der Waals surface area contributed by atoms with E-state index in [9.17, 15) is 4.39 Å². The first-order valence-corrected chi connectivity index (χ1v) is 7.97. The van der Waals surface area contributed by atoms with Crippen molar-refractivity contribution >= 4 is 11.6 Å². The monoisotopic (exact) mass is 298 g/mol. The summed E-state index contributed by atoms with van der Waals surface area (Å²) < 4.78 is 13.8. The molecule has 2 rings (SSSR count). The summed E-state index contributed by atoms with van der Waals surface area (Å²) in [4.78, 5) is 0. The van der Waals surface area contributed by atoms with E-state index < -0.39 is 0 Å². The van der Waals surface area contributed by atoms with Gasteiger partial charge in [0.2, 0.25) is 0 Å². The number of hydrogen-bond acceptors (Lipinski definition) is 2. The number of halogens is 2. The Morgan fingerprint density at radius 3 is 2.70 bits per heavy atom. The first kappa shape index (κ1) is 15.7. The van der Waals surface area contributed by atoms with Crippen LogP contribution < -0.4 is 11.3 Å². The molecule has 0 heterocycles. The first-order valence-electron chi connectivity index (χ1n) is 7.59. The van der Waals surface area contributed by atoms with Crippen LogP contribution in [0.15, 0.2) is 18.2 Å². The summed E-state index contributed by atoms with van der Waals surface area (Å²) in [5.41, 5.74) is 3.51. The second kappa shape index (κ2) is 7.96. The van der Waals surface area contributed by atoms with Crippen molar-refractivity contribution in [2.45, 2.75) is 57.4 Å². The minimum atomic E-state index is -0.240. The molecule has 20 heavy (non-hydrogen) atoms. The van der Waals surface area contributed by atoms with Gasteiger partial charge in [-0.3, -0.25) is 11.3 Å². The zero-order valence-electron chi connectivity index (χ0n) is 11.9. The second-order valence-electron chi connectivity index (χ2n) is 5.88. The van der Waals surface area contributed by atoms with E-state index >= 15 is 0 Å². The van der Waals surface area contributed by atoms with Gasteiger partial charge in [-0.1, -0.05) is 49.8 Å². The Hall–Kier alpha value is -0.640. The van der Waals surface area contributed by atoms with E-state index in [1.165, 1.54) is 44.6 Å². The van der Waals surface area contributed by atoms with E-state index in [-0.39, 0.29) is 11.9 Å². The number of hydrogen-bond donors (Lipinski definition) is 2. The normalized spacial score (nSPS) is 18.1. The average Bonchev–Trinajstić information content (AvgIpc) is 2.46. The fourth-order valence-electron chi connectivity index (χ4n) is 3.11. The molecule has 1 atom stereocenters. The summed E-state index contributed by atoms with van der Waals surface area (Å²) in [5.74, 6) is 6.21. The number of rotatable bonds is 6. The van der Waals surface area contributed by atoms with Crippen molar-refractivity contribution in [2.24, 2.45) is 11.8 Å². The van der Waals surface area contributed by atoms with Gasteiger partial charge in [0.05, 0.1) is 0 Å². The molecule has 0 aromatic heterocycles. The van der Waals surface area contributed by atoms with Crippen LogP contribution in [0, 0.1) is 11.7 Å². The van der Waals surface area contributed by atoms with Gasteiger partial charge in [-0.05, 0) is 42.9 Å². The molecule has 3 N–H and O–H groups in total. The summed E-state index contributed by atoms with van der Waals surface area (Å²) in [7, 11) is 0. The Labute approximate surface area is 125 Å². The molecule has 1 aromatic carbocycles. The van der Waals surface area contributed by atoms with Crippen LogP contribution in [0.25, 0.3) is 0 Å². The van der Waals surface area contributed by atoms with Crippen LogP contribution in [0.2, 0.25) is 5.02 Å². The average molecular weight is 299 g/mol. The minimum absolute atomic E-state index is 0.132. The molecule has 1 aliphatic carbocycles. The summed E-state index contributed by atoms with van der Waals surface area (Å²) in [5, 5.41) is 0.436. The molecule has 0 aliphatic heterocycles. The van der Waals surface area contributed by atoms with Crippen LogP contribution in [-0.2, 0) is 6.42 Å². The first-order chi connectivity index (χ1) is 9.69. The predicted octanol–water partition coefficient (Wildman–Crippen LogP) is 4.21. The lowest BCUT2D eigenvalue weighted by Crippen LogP contribution is -2.37. The number of hydrazine groups is 1. The Morgan fingerprint density at radius 1 is 1.30 bits per heavy atom. The van der Waals surface area contributed by atoms with E-state index in [0.717, 1.165) is 12.3 Å². The summed E-state index contributed by atoms with van der Waals surface area (Å²) in [6.07, 6.45) is 9.58. The van der Waals surface area contributed by atoms with E-state index in [0.29, 0.717) is 17.0 Å². The Balaban J connectivity index is 1.84. The lowest BCUT2D eigenvalue weighted by Gasteiger charge is -2.24. The Kier molecular flexibility index (Phi) is 6.27. The molecular weight excluding hydrogens is 275 g/mol. The molecule has 0 spiro atoms. The van der Waals surface area contributed by atoms with Crippen molar-refractivity contribution in [2.75, 3.05) is 0 Å². The van der Waals surface area contributed by atoms with Gasteiger partial charge in [-0.25, -0.2) is 4.39 Å². The van der Waals surface area contributed by atoms with Gasteiger partial charge < -0.3 is 0 Å². The third-order valence-electron chi connectivity index (χ3n) is 4.37. The second-order valence-corrected chi connectivity index (χ2v) is 6.32. The molecule has 0 amide bonds. The quantitative estimate of drug-likeness (QED) is 0.610. The van der Waals surface area contributed by atoms with E-state index in [1.54, 1.807) is 12.1 Å². The van der Waals surface area contributed by atoms with Gasteiger partial charge in [0.25, 0.3) is 0 Å². The topological polar surface area (TPSA) is 38.0 Å². The standard InChI is InChI=1S/C16H24ClFN2/c17-14-8-7-13(16(18)11-14)10-15(20-19)9-6-12-4-2-1-3-5-12/h7-8,11-12,15,20H,1-6,9-10,19H2. The third-order valence-corrected chi connectivity index (χ3v) is 4.60. The summed E-state index contributed by atoms with van der Waals surface area (Å²) >= 11 is 5.77. The van der Waals surface area contributed by atoms with Gasteiger partial charge >= 0.3 is 0 Å². The van der Waals surface area contributed by atoms with Gasteiger partial charge in [-0.2, -0.15) is 0 Å².